The molecule has 0 aliphatic rings. The highest BCUT2D eigenvalue weighted by atomic mass is 16.5. The van der Waals surface area contributed by atoms with Crippen LogP contribution in [0.1, 0.15) is 37.8 Å². The second kappa shape index (κ2) is 8.94. The normalized spacial score (nSPS) is 11.0. The number of nitrogens with zero attached hydrogens (tertiary/aromatic N) is 1. The molecule has 0 atom stereocenters. The highest BCUT2D eigenvalue weighted by Crippen LogP contribution is 2.22. The van der Waals surface area contributed by atoms with E-state index in [4.69, 9.17) is 4.74 Å². The zero-order valence-corrected chi connectivity index (χ0v) is 12.8. The highest BCUT2D eigenvalue weighted by molar-refractivity contribution is 5.37. The number of ether oxygens (including phenoxy) is 1. The molecular formula is C16H28N2O. The van der Waals surface area contributed by atoms with E-state index < -0.39 is 0 Å². The van der Waals surface area contributed by atoms with Gasteiger partial charge in [-0.05, 0) is 50.7 Å². The van der Waals surface area contributed by atoms with Crippen LogP contribution < -0.4 is 10.1 Å². The number of methoxy groups -OCH3 is 1. The van der Waals surface area contributed by atoms with Crippen LogP contribution in [0.4, 0.5) is 0 Å². The van der Waals surface area contributed by atoms with Crippen molar-refractivity contribution in [1.29, 1.82) is 0 Å². The van der Waals surface area contributed by atoms with Gasteiger partial charge >= 0.3 is 0 Å². The van der Waals surface area contributed by atoms with E-state index in [0.717, 1.165) is 31.9 Å². The molecule has 1 aromatic rings. The van der Waals surface area contributed by atoms with Crippen LogP contribution in [-0.2, 0) is 13.1 Å². The number of hydrogen-bond donors (Lipinski definition) is 1. The summed E-state index contributed by atoms with van der Waals surface area (Å²) in [6, 6.07) is 6.47. The molecule has 1 N–H and O–H groups in total. The lowest BCUT2D eigenvalue weighted by atomic mass is 10.1. The van der Waals surface area contributed by atoms with E-state index in [2.05, 4.69) is 42.3 Å². The van der Waals surface area contributed by atoms with Gasteiger partial charge in [-0.25, -0.2) is 0 Å². The number of rotatable bonds is 9. The molecule has 0 aliphatic heterocycles. The lowest BCUT2D eigenvalue weighted by molar-refractivity contribution is 0.262. The van der Waals surface area contributed by atoms with Crippen molar-refractivity contribution < 1.29 is 4.74 Å². The summed E-state index contributed by atoms with van der Waals surface area (Å²) in [5.74, 6) is 0.997. The average Bonchev–Trinajstić information content (AvgIpc) is 2.40. The molecule has 0 radical (unpaired) electrons. The maximum atomic E-state index is 5.49. The van der Waals surface area contributed by atoms with Crippen LogP contribution in [0.5, 0.6) is 5.75 Å². The quantitative estimate of drug-likeness (QED) is 0.742. The third kappa shape index (κ3) is 5.21. The topological polar surface area (TPSA) is 24.5 Å². The highest BCUT2D eigenvalue weighted by Gasteiger charge is 2.09. The Balaban J connectivity index is 2.85. The van der Waals surface area contributed by atoms with Gasteiger partial charge in [0.2, 0.25) is 0 Å². The van der Waals surface area contributed by atoms with Crippen molar-refractivity contribution in [2.75, 3.05) is 27.2 Å². The van der Waals surface area contributed by atoms with Gasteiger partial charge in [0.05, 0.1) is 7.11 Å². The van der Waals surface area contributed by atoms with Crippen molar-refractivity contribution in [3.8, 4) is 5.75 Å². The van der Waals surface area contributed by atoms with Crippen molar-refractivity contribution in [2.45, 2.75) is 39.8 Å². The first-order chi connectivity index (χ1) is 9.24. The Morgan fingerprint density at radius 2 is 1.84 bits per heavy atom. The molecule has 0 aliphatic carbocycles. The molecule has 0 amide bonds. The summed E-state index contributed by atoms with van der Waals surface area (Å²) in [4.78, 5) is 2.50. The standard InChI is InChI=1S/C16H28N2O/c1-5-9-18(10-6-2)13-15-11-14(12-17-3)7-8-16(15)19-4/h7-8,11,17H,5-6,9-10,12-13H2,1-4H3. The van der Waals surface area contributed by atoms with Crippen molar-refractivity contribution in [2.24, 2.45) is 0 Å². The van der Waals surface area contributed by atoms with Gasteiger partial charge in [0.25, 0.3) is 0 Å². The Morgan fingerprint density at radius 1 is 1.16 bits per heavy atom. The third-order valence-electron chi connectivity index (χ3n) is 3.20. The van der Waals surface area contributed by atoms with Crippen molar-refractivity contribution in [1.82, 2.24) is 10.2 Å². The predicted octanol–water partition coefficient (Wildman–Crippen LogP) is 3.04. The minimum atomic E-state index is 0.901. The zero-order chi connectivity index (χ0) is 14.1. The fourth-order valence-corrected chi connectivity index (χ4v) is 2.41. The van der Waals surface area contributed by atoms with E-state index in [0.29, 0.717) is 0 Å². The largest absolute Gasteiger partial charge is 0.496 e. The van der Waals surface area contributed by atoms with Gasteiger partial charge in [0.1, 0.15) is 5.75 Å². The summed E-state index contributed by atoms with van der Waals surface area (Å²) in [6.45, 7) is 8.64. The van der Waals surface area contributed by atoms with Crippen LogP contribution in [0, 0.1) is 0 Å². The van der Waals surface area contributed by atoms with Crippen molar-refractivity contribution in [3.05, 3.63) is 29.3 Å². The smallest absolute Gasteiger partial charge is 0.123 e. The van der Waals surface area contributed by atoms with Gasteiger partial charge in [-0.15, -0.1) is 0 Å². The molecule has 0 bridgehead atoms. The third-order valence-corrected chi connectivity index (χ3v) is 3.20. The van der Waals surface area contributed by atoms with Crippen LogP contribution in [0.25, 0.3) is 0 Å². The fraction of sp³-hybridized carbons (Fsp3) is 0.625. The van der Waals surface area contributed by atoms with Crippen LogP contribution >= 0.6 is 0 Å². The molecule has 3 nitrogen and oxygen atoms in total. The summed E-state index contributed by atoms with van der Waals surface area (Å²) in [5.41, 5.74) is 2.60. The number of benzene rings is 1. The first kappa shape index (κ1) is 16.0. The second-order valence-corrected chi connectivity index (χ2v) is 4.95. The van der Waals surface area contributed by atoms with E-state index in [9.17, 15) is 0 Å². The summed E-state index contributed by atoms with van der Waals surface area (Å²) >= 11 is 0. The van der Waals surface area contributed by atoms with Crippen LogP contribution in [0.3, 0.4) is 0 Å². The average molecular weight is 264 g/mol. The predicted molar refractivity (Wildman–Crippen MR) is 81.6 cm³/mol. The summed E-state index contributed by atoms with van der Waals surface area (Å²) < 4.78 is 5.49. The van der Waals surface area contributed by atoms with Gasteiger partial charge in [-0.3, -0.25) is 4.90 Å². The Morgan fingerprint density at radius 3 is 2.37 bits per heavy atom. The fourth-order valence-electron chi connectivity index (χ4n) is 2.41. The van der Waals surface area contributed by atoms with Gasteiger partial charge in [0.15, 0.2) is 0 Å². The first-order valence-electron chi connectivity index (χ1n) is 7.27. The minimum Gasteiger partial charge on any atom is -0.496 e. The molecule has 0 fully saturated rings. The molecule has 0 saturated carbocycles. The molecular weight excluding hydrogens is 236 g/mol. The maximum Gasteiger partial charge on any atom is 0.123 e. The van der Waals surface area contributed by atoms with Crippen LogP contribution in [0.2, 0.25) is 0 Å². The summed E-state index contributed by atoms with van der Waals surface area (Å²) in [6.07, 6.45) is 2.39. The molecule has 0 saturated heterocycles. The lowest BCUT2D eigenvalue weighted by Gasteiger charge is -2.22. The lowest BCUT2D eigenvalue weighted by Crippen LogP contribution is -2.25. The molecule has 0 aromatic heterocycles. The van der Waals surface area contributed by atoms with Crippen molar-refractivity contribution in [3.63, 3.8) is 0 Å². The second-order valence-electron chi connectivity index (χ2n) is 4.95. The van der Waals surface area contributed by atoms with Crippen molar-refractivity contribution >= 4 is 0 Å². The van der Waals surface area contributed by atoms with Gasteiger partial charge in [-0.1, -0.05) is 19.9 Å². The molecule has 108 valence electrons. The van der Waals surface area contributed by atoms with E-state index in [1.807, 2.05) is 7.05 Å². The molecule has 0 unspecified atom stereocenters. The molecule has 19 heavy (non-hydrogen) atoms. The van der Waals surface area contributed by atoms with Gasteiger partial charge < -0.3 is 10.1 Å². The summed E-state index contributed by atoms with van der Waals surface area (Å²) in [5, 5.41) is 3.20. The molecule has 1 aromatic carbocycles. The Hall–Kier alpha value is -1.06. The maximum absolute atomic E-state index is 5.49. The SMILES string of the molecule is CCCN(CCC)Cc1cc(CNC)ccc1OC. The minimum absolute atomic E-state index is 0.901. The van der Waals surface area contributed by atoms with Crippen LogP contribution in [-0.4, -0.2) is 32.1 Å². The molecule has 0 heterocycles. The molecule has 0 spiro atoms. The van der Waals surface area contributed by atoms with E-state index >= 15 is 0 Å². The Labute approximate surface area is 118 Å². The van der Waals surface area contributed by atoms with Crippen LogP contribution in [0.15, 0.2) is 18.2 Å². The van der Waals surface area contributed by atoms with Gasteiger partial charge in [-0.2, -0.15) is 0 Å². The monoisotopic (exact) mass is 264 g/mol. The Bertz CT molecular complexity index is 360. The number of hydrogen-bond acceptors (Lipinski definition) is 3. The Kier molecular flexibility index (Phi) is 7.53. The van der Waals surface area contributed by atoms with E-state index in [-0.39, 0.29) is 0 Å². The zero-order valence-electron chi connectivity index (χ0n) is 12.8. The van der Waals surface area contributed by atoms with E-state index in [1.165, 1.54) is 24.0 Å². The first-order valence-corrected chi connectivity index (χ1v) is 7.27. The molecule has 3 heteroatoms. The van der Waals surface area contributed by atoms with E-state index in [1.54, 1.807) is 7.11 Å². The summed E-state index contributed by atoms with van der Waals surface area (Å²) in [7, 11) is 3.73. The number of nitrogens with one attached hydrogen (secondary N) is 1. The van der Waals surface area contributed by atoms with Gasteiger partial charge in [0, 0.05) is 18.7 Å². The molecule has 1 rings (SSSR count).